The van der Waals surface area contributed by atoms with Crippen LogP contribution < -0.4 is 19.7 Å². The van der Waals surface area contributed by atoms with E-state index in [0.29, 0.717) is 17.0 Å². The van der Waals surface area contributed by atoms with Crippen molar-refractivity contribution in [1.82, 2.24) is 0 Å². The Balaban J connectivity index is 1.83. The molecule has 0 heterocycles. The molecule has 1 N–H and O–H groups in total. The molecule has 0 unspecified atom stereocenters. The number of nitrogens with zero attached hydrogens (tertiary/aromatic N) is 1. The Morgan fingerprint density at radius 2 is 1.62 bits per heavy atom. The second-order valence-corrected chi connectivity index (χ2v) is 6.31. The number of nitrogens with one attached hydrogen (secondary N) is 1. The molecule has 0 radical (unpaired) electrons. The van der Waals surface area contributed by atoms with E-state index >= 15 is 0 Å². The summed E-state index contributed by atoms with van der Waals surface area (Å²) >= 11 is 0. The van der Waals surface area contributed by atoms with Gasteiger partial charge in [-0.1, -0.05) is 12.1 Å². The zero-order valence-electron chi connectivity index (χ0n) is 16.9. The first-order valence-corrected chi connectivity index (χ1v) is 9.07. The number of hydrogen-bond donors (Lipinski definition) is 1. The summed E-state index contributed by atoms with van der Waals surface area (Å²) in [5, 5.41) is 3.27. The van der Waals surface area contributed by atoms with Crippen molar-refractivity contribution in [2.45, 2.75) is 0 Å². The van der Waals surface area contributed by atoms with Gasteiger partial charge in [0.15, 0.2) is 0 Å². The topological polar surface area (TPSA) is 60.0 Å². The number of ether oxygens (including phenoxy) is 3. The normalized spacial score (nSPS) is 10.2. The highest BCUT2D eigenvalue weighted by Gasteiger charge is 2.14. The van der Waals surface area contributed by atoms with Crippen LogP contribution in [-0.4, -0.2) is 34.3 Å². The van der Waals surface area contributed by atoms with Crippen molar-refractivity contribution in [1.29, 1.82) is 0 Å². The van der Waals surface area contributed by atoms with Gasteiger partial charge in [0.25, 0.3) is 0 Å². The summed E-state index contributed by atoms with van der Waals surface area (Å²) < 4.78 is 15.5. The molecule has 6 nitrogen and oxygen atoms in total. The molecular formula is C23H24N2O4. The van der Waals surface area contributed by atoms with Crippen LogP contribution in [0.5, 0.6) is 11.5 Å². The summed E-state index contributed by atoms with van der Waals surface area (Å²) in [4.78, 5) is 14.2. The number of carbonyl (C=O) groups is 1. The van der Waals surface area contributed by atoms with Gasteiger partial charge in [0.05, 0.1) is 38.3 Å². The van der Waals surface area contributed by atoms with Crippen LogP contribution >= 0.6 is 0 Å². The Morgan fingerprint density at radius 1 is 0.897 bits per heavy atom. The van der Waals surface area contributed by atoms with Crippen LogP contribution in [0.15, 0.2) is 66.7 Å². The maximum absolute atomic E-state index is 12.1. The minimum Gasteiger partial charge on any atom is -0.497 e. The zero-order chi connectivity index (χ0) is 20.8. The lowest BCUT2D eigenvalue weighted by atomic mass is 10.1. The van der Waals surface area contributed by atoms with Crippen LogP contribution in [0.2, 0.25) is 0 Å². The average molecular weight is 392 g/mol. The van der Waals surface area contributed by atoms with Crippen LogP contribution in [0.3, 0.4) is 0 Å². The van der Waals surface area contributed by atoms with Gasteiger partial charge in [-0.3, -0.25) is 0 Å². The fourth-order valence-corrected chi connectivity index (χ4v) is 3.01. The van der Waals surface area contributed by atoms with Crippen LogP contribution in [0.4, 0.5) is 22.7 Å². The van der Waals surface area contributed by atoms with Gasteiger partial charge in [-0.2, -0.15) is 0 Å². The minimum atomic E-state index is -0.432. The predicted octanol–water partition coefficient (Wildman–Crippen LogP) is 5.00. The minimum absolute atomic E-state index is 0.405. The Kier molecular flexibility index (Phi) is 6.24. The molecule has 0 saturated heterocycles. The molecule has 3 aromatic rings. The van der Waals surface area contributed by atoms with Crippen molar-refractivity contribution in [2.24, 2.45) is 0 Å². The van der Waals surface area contributed by atoms with E-state index in [4.69, 9.17) is 14.2 Å². The van der Waals surface area contributed by atoms with Gasteiger partial charge in [0, 0.05) is 18.4 Å². The number of para-hydroxylation sites is 2. The van der Waals surface area contributed by atoms with Gasteiger partial charge in [0.2, 0.25) is 0 Å². The van der Waals surface area contributed by atoms with E-state index in [0.717, 1.165) is 22.8 Å². The maximum atomic E-state index is 12.1. The molecular weight excluding hydrogens is 368 g/mol. The van der Waals surface area contributed by atoms with Crippen molar-refractivity contribution in [3.05, 3.63) is 72.3 Å². The van der Waals surface area contributed by atoms with E-state index in [2.05, 4.69) is 10.2 Å². The summed E-state index contributed by atoms with van der Waals surface area (Å²) in [6, 6.07) is 21.0. The molecule has 0 bridgehead atoms. The Labute approximate surface area is 170 Å². The second kappa shape index (κ2) is 9.01. The molecule has 3 aromatic carbocycles. The first kappa shape index (κ1) is 20.1. The van der Waals surface area contributed by atoms with Crippen molar-refractivity contribution in [3.63, 3.8) is 0 Å². The van der Waals surface area contributed by atoms with Crippen molar-refractivity contribution in [3.8, 4) is 11.5 Å². The second-order valence-electron chi connectivity index (χ2n) is 6.31. The third-order valence-corrected chi connectivity index (χ3v) is 4.61. The largest absolute Gasteiger partial charge is 0.497 e. The molecule has 0 aliphatic carbocycles. The van der Waals surface area contributed by atoms with Crippen molar-refractivity contribution < 1.29 is 19.0 Å². The summed E-state index contributed by atoms with van der Waals surface area (Å²) in [6.45, 7) is 0. The molecule has 29 heavy (non-hydrogen) atoms. The zero-order valence-corrected chi connectivity index (χ0v) is 16.9. The van der Waals surface area contributed by atoms with Gasteiger partial charge < -0.3 is 24.4 Å². The van der Waals surface area contributed by atoms with E-state index in [1.54, 1.807) is 32.4 Å². The number of methoxy groups -OCH3 is 3. The van der Waals surface area contributed by atoms with Crippen molar-refractivity contribution >= 4 is 28.7 Å². The predicted molar refractivity (Wildman–Crippen MR) is 115 cm³/mol. The van der Waals surface area contributed by atoms with Gasteiger partial charge in [-0.25, -0.2) is 4.79 Å². The van der Waals surface area contributed by atoms with Crippen LogP contribution in [0, 0.1) is 0 Å². The smallest absolute Gasteiger partial charge is 0.340 e. The molecule has 6 heteroatoms. The lowest BCUT2D eigenvalue weighted by Crippen LogP contribution is -2.10. The third kappa shape index (κ3) is 4.43. The van der Waals surface area contributed by atoms with Crippen LogP contribution in [-0.2, 0) is 4.74 Å². The molecule has 3 rings (SSSR count). The summed E-state index contributed by atoms with van der Waals surface area (Å²) in [6.07, 6.45) is 0. The van der Waals surface area contributed by atoms with Gasteiger partial charge in [0.1, 0.15) is 11.5 Å². The number of rotatable bonds is 7. The molecule has 0 amide bonds. The summed E-state index contributed by atoms with van der Waals surface area (Å²) in [5.74, 6) is 0.960. The van der Waals surface area contributed by atoms with Crippen LogP contribution in [0.1, 0.15) is 10.4 Å². The standard InChI is InChI=1S/C23H24N2O4/c1-25(21-7-5-6-8-22(21)28-3)17-11-9-16(10-12-17)24-20-14-13-18(27-2)15-19(20)23(26)29-4/h5-15,24H,1-4H3. The average Bonchev–Trinajstić information content (AvgIpc) is 2.78. The molecule has 0 aromatic heterocycles. The molecule has 0 spiro atoms. The first-order chi connectivity index (χ1) is 14.1. The lowest BCUT2D eigenvalue weighted by Gasteiger charge is -2.22. The molecule has 0 atom stereocenters. The van der Waals surface area contributed by atoms with E-state index in [-0.39, 0.29) is 0 Å². The summed E-state index contributed by atoms with van der Waals surface area (Å²) in [5.41, 5.74) is 3.87. The Hall–Kier alpha value is -3.67. The number of hydrogen-bond acceptors (Lipinski definition) is 6. The molecule has 0 fully saturated rings. The number of anilines is 4. The maximum Gasteiger partial charge on any atom is 0.340 e. The summed E-state index contributed by atoms with van der Waals surface area (Å²) in [7, 11) is 6.56. The number of carbonyl (C=O) groups excluding carboxylic acids is 1. The lowest BCUT2D eigenvalue weighted by molar-refractivity contribution is 0.0601. The van der Waals surface area contributed by atoms with E-state index in [1.165, 1.54) is 7.11 Å². The monoisotopic (exact) mass is 392 g/mol. The molecule has 150 valence electrons. The van der Waals surface area contributed by atoms with E-state index in [1.807, 2.05) is 55.6 Å². The fraction of sp³-hybridized carbons (Fsp3) is 0.174. The molecule has 0 saturated carbocycles. The quantitative estimate of drug-likeness (QED) is 0.571. The van der Waals surface area contributed by atoms with E-state index in [9.17, 15) is 4.79 Å². The highest BCUT2D eigenvalue weighted by Crippen LogP contribution is 2.33. The third-order valence-electron chi connectivity index (χ3n) is 4.61. The van der Waals surface area contributed by atoms with E-state index < -0.39 is 5.97 Å². The molecule has 0 aliphatic heterocycles. The van der Waals surface area contributed by atoms with Gasteiger partial charge in [-0.05, 0) is 54.6 Å². The van der Waals surface area contributed by atoms with Gasteiger partial charge in [-0.15, -0.1) is 0 Å². The number of esters is 1. The number of benzene rings is 3. The highest BCUT2D eigenvalue weighted by atomic mass is 16.5. The van der Waals surface area contributed by atoms with Crippen molar-refractivity contribution in [2.75, 3.05) is 38.6 Å². The Morgan fingerprint density at radius 3 is 2.28 bits per heavy atom. The van der Waals surface area contributed by atoms with Gasteiger partial charge >= 0.3 is 5.97 Å². The highest BCUT2D eigenvalue weighted by molar-refractivity contribution is 5.97. The SMILES string of the molecule is COC(=O)c1cc(OC)ccc1Nc1ccc(N(C)c2ccccc2OC)cc1. The fourth-order valence-electron chi connectivity index (χ4n) is 3.01. The molecule has 0 aliphatic rings. The Bertz CT molecular complexity index is 986. The van der Waals surface area contributed by atoms with Crippen LogP contribution in [0.25, 0.3) is 0 Å². The first-order valence-electron chi connectivity index (χ1n) is 9.07.